The first kappa shape index (κ1) is 13.2. The van der Waals surface area contributed by atoms with Crippen LogP contribution in [0.2, 0.25) is 0 Å². The zero-order valence-electron chi connectivity index (χ0n) is 10.1. The van der Waals surface area contributed by atoms with Gasteiger partial charge in [-0.3, -0.25) is 0 Å². The minimum absolute atomic E-state index is 0.0801. The molecule has 2 rings (SSSR count). The Morgan fingerprint density at radius 1 is 1.47 bits per heavy atom. The number of carbonyl (C=O) groups excluding carboxylic acids is 1. The van der Waals surface area contributed by atoms with Gasteiger partial charge < -0.3 is 25.3 Å². The van der Waals surface area contributed by atoms with Gasteiger partial charge in [-0.15, -0.1) is 0 Å². The second-order valence-corrected chi connectivity index (χ2v) is 3.86. The number of nitrogens with two attached hydrogens (primary N) is 1. The predicted molar refractivity (Wildman–Crippen MR) is 63.8 cm³/mol. The first-order chi connectivity index (χ1) is 9.04. The molecule has 4 N–H and O–H groups in total. The Kier molecular flexibility index (Phi) is 3.58. The highest BCUT2D eigenvalue weighted by atomic mass is 16.5. The third-order valence-electron chi connectivity index (χ3n) is 2.62. The monoisotopic (exact) mass is 267 g/mol. The van der Waals surface area contributed by atoms with Crippen molar-refractivity contribution in [1.29, 1.82) is 0 Å². The molecule has 0 aromatic carbocycles. The number of nitrogen functional groups attached to an aromatic ring is 1. The van der Waals surface area contributed by atoms with Crippen molar-refractivity contribution < 1.29 is 19.7 Å². The van der Waals surface area contributed by atoms with Crippen molar-refractivity contribution in [2.24, 2.45) is 0 Å². The van der Waals surface area contributed by atoms with Crippen molar-refractivity contribution in [3.05, 3.63) is 12.7 Å². The number of ether oxygens (including phenoxy) is 1. The van der Waals surface area contributed by atoms with E-state index < -0.39 is 18.2 Å². The van der Waals surface area contributed by atoms with Gasteiger partial charge in [0.05, 0.1) is 20.0 Å². The second kappa shape index (κ2) is 5.16. The summed E-state index contributed by atoms with van der Waals surface area (Å²) in [6.45, 7) is -0.0801. The quantitative estimate of drug-likeness (QED) is 0.558. The molecule has 102 valence electrons. The Balaban J connectivity index is 2.22. The second-order valence-electron chi connectivity index (χ2n) is 3.86. The lowest BCUT2D eigenvalue weighted by Crippen LogP contribution is -2.37. The van der Waals surface area contributed by atoms with Crippen LogP contribution in [0.25, 0.3) is 11.2 Å². The van der Waals surface area contributed by atoms with E-state index in [1.165, 1.54) is 17.2 Å². The fraction of sp³-hybridized carbons (Fsp3) is 0.400. The van der Waals surface area contributed by atoms with Crippen LogP contribution >= 0.6 is 0 Å². The topological polar surface area (TPSA) is 136 Å². The number of aliphatic hydroxyl groups excluding tert-OH is 2. The van der Waals surface area contributed by atoms with Crippen LogP contribution in [-0.4, -0.2) is 55.0 Å². The van der Waals surface area contributed by atoms with Crippen LogP contribution in [-0.2, 0) is 16.1 Å². The molecule has 2 atom stereocenters. The first-order valence-electron chi connectivity index (χ1n) is 5.40. The Morgan fingerprint density at radius 3 is 2.89 bits per heavy atom. The van der Waals surface area contributed by atoms with Gasteiger partial charge in [0.2, 0.25) is 0 Å². The molecular formula is C10H13N5O4. The van der Waals surface area contributed by atoms with E-state index in [4.69, 9.17) is 5.73 Å². The summed E-state index contributed by atoms with van der Waals surface area (Å²) >= 11 is 0. The number of esters is 1. The summed E-state index contributed by atoms with van der Waals surface area (Å²) in [6, 6.07) is 0. The highest BCUT2D eigenvalue weighted by Crippen LogP contribution is 2.15. The Labute approximate surface area is 107 Å². The van der Waals surface area contributed by atoms with Gasteiger partial charge >= 0.3 is 5.97 Å². The van der Waals surface area contributed by atoms with Gasteiger partial charge in [-0.1, -0.05) is 0 Å². The van der Waals surface area contributed by atoms with Gasteiger partial charge in [0.25, 0.3) is 0 Å². The number of nitrogens with zero attached hydrogens (tertiary/aromatic N) is 4. The van der Waals surface area contributed by atoms with Crippen LogP contribution in [0.1, 0.15) is 0 Å². The van der Waals surface area contributed by atoms with Gasteiger partial charge in [0, 0.05) is 0 Å². The number of imidazole rings is 1. The highest BCUT2D eigenvalue weighted by molar-refractivity contribution is 5.81. The number of aliphatic hydroxyl groups is 2. The van der Waals surface area contributed by atoms with Crippen LogP contribution in [0.5, 0.6) is 0 Å². The third-order valence-corrected chi connectivity index (χ3v) is 2.62. The number of anilines is 1. The van der Waals surface area contributed by atoms with Gasteiger partial charge in [-0.25, -0.2) is 19.7 Å². The predicted octanol–water partition coefficient (Wildman–Crippen LogP) is -1.70. The largest absolute Gasteiger partial charge is 0.467 e. The summed E-state index contributed by atoms with van der Waals surface area (Å²) in [7, 11) is 1.12. The van der Waals surface area contributed by atoms with Crippen molar-refractivity contribution >= 4 is 23.0 Å². The Bertz CT molecular complexity index is 599. The number of carbonyl (C=O) groups is 1. The molecule has 19 heavy (non-hydrogen) atoms. The number of hydrogen-bond donors (Lipinski definition) is 3. The summed E-state index contributed by atoms with van der Waals surface area (Å²) in [5.74, 6) is -0.696. The molecule has 0 aliphatic rings. The molecule has 0 radical (unpaired) electrons. The van der Waals surface area contributed by atoms with E-state index in [0.717, 1.165) is 7.11 Å². The summed E-state index contributed by atoms with van der Waals surface area (Å²) in [5, 5.41) is 19.2. The highest BCUT2D eigenvalue weighted by Gasteiger charge is 2.26. The zero-order valence-corrected chi connectivity index (χ0v) is 10.1. The molecule has 0 bridgehead atoms. The molecular weight excluding hydrogens is 254 g/mol. The molecule has 9 nitrogen and oxygen atoms in total. The minimum atomic E-state index is -1.64. The Hall–Kier alpha value is -2.26. The molecule has 0 spiro atoms. The lowest BCUT2D eigenvalue weighted by atomic mass is 10.2. The average molecular weight is 267 g/mol. The summed E-state index contributed by atoms with van der Waals surface area (Å²) < 4.78 is 5.80. The number of hydrogen-bond acceptors (Lipinski definition) is 8. The zero-order chi connectivity index (χ0) is 14.0. The molecule has 0 saturated carbocycles. The van der Waals surface area contributed by atoms with Crippen LogP contribution < -0.4 is 5.73 Å². The van der Waals surface area contributed by atoms with Gasteiger partial charge in [-0.2, -0.15) is 0 Å². The van der Waals surface area contributed by atoms with E-state index in [1.807, 2.05) is 0 Å². The minimum Gasteiger partial charge on any atom is -0.467 e. The summed E-state index contributed by atoms with van der Waals surface area (Å²) in [6.07, 6.45) is -0.329. The van der Waals surface area contributed by atoms with Crippen molar-refractivity contribution in [1.82, 2.24) is 19.5 Å². The van der Waals surface area contributed by atoms with Gasteiger partial charge in [-0.05, 0) is 0 Å². The van der Waals surface area contributed by atoms with E-state index >= 15 is 0 Å². The van der Waals surface area contributed by atoms with Crippen LogP contribution in [0.15, 0.2) is 12.7 Å². The first-order valence-corrected chi connectivity index (χ1v) is 5.40. The maximum Gasteiger partial charge on any atom is 0.337 e. The van der Waals surface area contributed by atoms with Crippen LogP contribution in [0, 0.1) is 0 Å². The lowest BCUT2D eigenvalue weighted by molar-refractivity contribution is -0.157. The van der Waals surface area contributed by atoms with E-state index in [9.17, 15) is 15.0 Å². The molecule has 2 aromatic rings. The van der Waals surface area contributed by atoms with Crippen molar-refractivity contribution in [3.63, 3.8) is 0 Å². The summed E-state index contributed by atoms with van der Waals surface area (Å²) in [5.41, 5.74) is 6.41. The maximum atomic E-state index is 11.1. The molecule has 0 saturated heterocycles. The fourth-order valence-electron chi connectivity index (χ4n) is 1.61. The normalized spacial score (nSPS) is 14.3. The standard InChI is InChI=1S/C10H13N5O4/c1-19-10(18)7(17)5(16)2-15-4-14-6-8(11)12-3-13-9(6)15/h3-5,7,16-17H,2H2,1H3,(H2,11,12,13)/t5-,7-/m1/s1. The molecule has 9 heteroatoms. The van der Waals surface area contributed by atoms with Crippen molar-refractivity contribution in [3.8, 4) is 0 Å². The lowest BCUT2D eigenvalue weighted by Gasteiger charge is -2.16. The maximum absolute atomic E-state index is 11.1. The van der Waals surface area contributed by atoms with E-state index in [0.29, 0.717) is 11.2 Å². The van der Waals surface area contributed by atoms with Crippen LogP contribution in [0.4, 0.5) is 5.82 Å². The van der Waals surface area contributed by atoms with Crippen molar-refractivity contribution in [2.75, 3.05) is 12.8 Å². The van der Waals surface area contributed by atoms with Crippen LogP contribution in [0.3, 0.4) is 0 Å². The molecule has 0 unspecified atom stereocenters. The fourth-order valence-corrected chi connectivity index (χ4v) is 1.61. The van der Waals surface area contributed by atoms with E-state index in [1.54, 1.807) is 0 Å². The SMILES string of the molecule is COC(=O)[C@H](O)[C@H](O)Cn1cnc2c(N)ncnc21. The van der Waals surface area contributed by atoms with Gasteiger partial charge in [0.15, 0.2) is 17.6 Å². The van der Waals surface area contributed by atoms with E-state index in [-0.39, 0.29) is 12.4 Å². The Morgan fingerprint density at radius 2 is 2.21 bits per heavy atom. The molecule has 0 fully saturated rings. The molecule has 2 aromatic heterocycles. The van der Waals surface area contributed by atoms with Gasteiger partial charge in [0.1, 0.15) is 17.9 Å². The number of methoxy groups -OCH3 is 1. The van der Waals surface area contributed by atoms with Crippen molar-refractivity contribution in [2.45, 2.75) is 18.8 Å². The smallest absolute Gasteiger partial charge is 0.337 e. The third kappa shape index (κ3) is 2.46. The number of rotatable bonds is 4. The number of aromatic nitrogens is 4. The average Bonchev–Trinajstić information content (AvgIpc) is 2.81. The number of fused-ring (bicyclic) bond motifs is 1. The molecule has 0 aliphatic heterocycles. The molecule has 0 amide bonds. The summed E-state index contributed by atoms with van der Waals surface area (Å²) in [4.78, 5) is 22.9. The van der Waals surface area contributed by atoms with E-state index in [2.05, 4.69) is 19.7 Å². The molecule has 2 heterocycles. The molecule has 0 aliphatic carbocycles.